The zero-order chi connectivity index (χ0) is 27.4. The van der Waals surface area contributed by atoms with Gasteiger partial charge in [0.15, 0.2) is 0 Å². The molecule has 0 heterocycles. The van der Waals surface area contributed by atoms with Gasteiger partial charge < -0.3 is 9.59 Å². The molecule has 0 saturated carbocycles. The first-order valence-electron chi connectivity index (χ1n) is 15.3. The molecule has 0 aliphatic rings. The minimum Gasteiger partial charge on any atom is -0.872 e. The van der Waals surface area contributed by atoms with Crippen molar-refractivity contribution in [2.75, 3.05) is 20.6 Å². The molecule has 0 aliphatic heterocycles. The zero-order valence-electron chi connectivity index (χ0n) is 25.4. The summed E-state index contributed by atoms with van der Waals surface area (Å²) in [6.45, 7) is 10.9. The lowest BCUT2D eigenvalue weighted by molar-refractivity contribution is -0.903. The number of hydrogen-bond donors (Lipinski definition) is 0. The smallest absolute Gasteiger partial charge is 0.104 e. The molecule has 37 heavy (non-hydrogen) atoms. The van der Waals surface area contributed by atoms with E-state index in [0.29, 0.717) is 0 Å². The molecular weight excluding hydrogens is 450 g/mol. The second kappa shape index (κ2) is 19.3. The van der Waals surface area contributed by atoms with Crippen molar-refractivity contribution < 1.29 is 9.59 Å². The molecule has 2 nitrogen and oxygen atoms in total. The summed E-state index contributed by atoms with van der Waals surface area (Å²) in [6.07, 6.45) is 20.2. The van der Waals surface area contributed by atoms with Gasteiger partial charge in [-0.2, -0.15) is 0 Å². The largest absolute Gasteiger partial charge is 0.872 e. The number of quaternary nitrogens is 1. The van der Waals surface area contributed by atoms with Crippen LogP contribution in [-0.4, -0.2) is 25.1 Å². The van der Waals surface area contributed by atoms with Gasteiger partial charge in [0.1, 0.15) is 6.54 Å². The fourth-order valence-corrected chi connectivity index (χ4v) is 4.98. The zero-order valence-corrected chi connectivity index (χ0v) is 25.4. The summed E-state index contributed by atoms with van der Waals surface area (Å²) in [5.41, 5.74) is 2.32. The summed E-state index contributed by atoms with van der Waals surface area (Å²) < 4.78 is 1.11. The Morgan fingerprint density at radius 3 is 1.46 bits per heavy atom. The monoisotopic (exact) mass is 509 g/mol. The van der Waals surface area contributed by atoms with Gasteiger partial charge in [0.05, 0.1) is 20.6 Å². The Morgan fingerprint density at radius 1 is 0.595 bits per heavy atom. The van der Waals surface area contributed by atoms with Gasteiger partial charge in [-0.3, -0.25) is 0 Å². The molecule has 2 aromatic carbocycles. The summed E-state index contributed by atoms with van der Waals surface area (Å²) in [4.78, 5) is 0. The second-order valence-corrected chi connectivity index (χ2v) is 12.6. The van der Waals surface area contributed by atoms with E-state index in [-0.39, 0.29) is 11.2 Å². The van der Waals surface area contributed by atoms with Crippen LogP contribution in [0, 0.1) is 0 Å². The molecule has 210 valence electrons. The SMILES string of the molecule is CC(C)(C)c1ccccc1[O-].CCCCCCCCCCCCCCCC[N+](C)(C)Cc1ccccc1. The normalized spacial score (nSPS) is 11.7. The Kier molecular flexibility index (Phi) is 17.3. The topological polar surface area (TPSA) is 23.1 Å². The van der Waals surface area contributed by atoms with Gasteiger partial charge in [0, 0.05) is 5.56 Å². The van der Waals surface area contributed by atoms with E-state index in [1.165, 1.54) is 102 Å². The predicted octanol–water partition coefficient (Wildman–Crippen LogP) is 9.80. The van der Waals surface area contributed by atoms with E-state index in [1.54, 1.807) is 12.1 Å². The lowest BCUT2D eigenvalue weighted by atomic mass is 9.86. The van der Waals surface area contributed by atoms with E-state index in [2.05, 4.69) is 51.4 Å². The second-order valence-electron chi connectivity index (χ2n) is 12.6. The molecular formula is C35H59NO. The third kappa shape index (κ3) is 17.4. The Hall–Kier alpha value is -1.80. The molecule has 0 aromatic heterocycles. The van der Waals surface area contributed by atoms with Gasteiger partial charge in [-0.15, -0.1) is 5.75 Å². The van der Waals surface area contributed by atoms with Gasteiger partial charge in [-0.25, -0.2) is 0 Å². The van der Waals surface area contributed by atoms with E-state index in [0.717, 1.165) is 16.6 Å². The highest BCUT2D eigenvalue weighted by Crippen LogP contribution is 2.27. The summed E-state index contributed by atoms with van der Waals surface area (Å²) in [6, 6.07) is 18.1. The number of unbranched alkanes of at least 4 members (excludes halogenated alkanes) is 13. The first-order chi connectivity index (χ1) is 17.7. The van der Waals surface area contributed by atoms with Crippen LogP contribution < -0.4 is 5.11 Å². The van der Waals surface area contributed by atoms with Gasteiger partial charge in [0.2, 0.25) is 0 Å². The van der Waals surface area contributed by atoms with Crippen molar-refractivity contribution in [1.82, 2.24) is 0 Å². The number of para-hydroxylation sites is 1. The van der Waals surface area contributed by atoms with E-state index < -0.39 is 0 Å². The first kappa shape index (κ1) is 33.2. The van der Waals surface area contributed by atoms with Crippen LogP contribution in [0.5, 0.6) is 5.75 Å². The summed E-state index contributed by atoms with van der Waals surface area (Å²) >= 11 is 0. The highest BCUT2D eigenvalue weighted by molar-refractivity contribution is 5.35. The van der Waals surface area contributed by atoms with Gasteiger partial charge >= 0.3 is 0 Å². The van der Waals surface area contributed by atoms with Gasteiger partial charge in [-0.05, 0) is 18.3 Å². The molecule has 2 aromatic rings. The van der Waals surface area contributed by atoms with Crippen molar-refractivity contribution in [2.45, 2.75) is 130 Å². The number of benzene rings is 2. The minimum atomic E-state index is -0.0294. The lowest BCUT2D eigenvalue weighted by Gasteiger charge is -2.30. The molecule has 0 radical (unpaired) electrons. The van der Waals surface area contributed by atoms with Crippen molar-refractivity contribution in [3.05, 3.63) is 65.7 Å². The third-order valence-electron chi connectivity index (χ3n) is 7.27. The molecule has 0 atom stereocenters. The fraction of sp³-hybridized carbons (Fsp3) is 0.657. The highest BCUT2D eigenvalue weighted by Gasteiger charge is 2.15. The Labute approximate surface area is 231 Å². The fourth-order valence-electron chi connectivity index (χ4n) is 4.98. The Balaban J connectivity index is 0.000000516. The van der Waals surface area contributed by atoms with Crippen LogP contribution in [0.2, 0.25) is 0 Å². The molecule has 0 unspecified atom stereocenters. The van der Waals surface area contributed by atoms with Crippen molar-refractivity contribution >= 4 is 0 Å². The maximum Gasteiger partial charge on any atom is 0.104 e. The number of nitrogens with zero attached hydrogens (tertiary/aromatic N) is 1. The minimum absolute atomic E-state index is 0.0294. The van der Waals surface area contributed by atoms with Crippen molar-refractivity contribution in [3.63, 3.8) is 0 Å². The van der Waals surface area contributed by atoms with Crippen molar-refractivity contribution in [1.29, 1.82) is 0 Å². The maximum atomic E-state index is 11.3. The molecule has 0 bridgehead atoms. The summed E-state index contributed by atoms with van der Waals surface area (Å²) in [5.74, 6) is 0.139. The van der Waals surface area contributed by atoms with Crippen LogP contribution in [0.3, 0.4) is 0 Å². The summed E-state index contributed by atoms with van der Waals surface area (Å²) in [5, 5.41) is 11.3. The quantitative estimate of drug-likeness (QED) is 0.154. The summed E-state index contributed by atoms with van der Waals surface area (Å²) in [7, 11) is 4.74. The standard InChI is InChI=1S/C25H46N.C10H14O/c1-4-5-6-7-8-9-10-11-12-13-14-15-16-20-23-26(2,3)24-25-21-18-17-19-22-25;1-10(2,3)8-6-4-5-7-9(8)11/h17-19,21-22H,4-16,20,23-24H2,1-3H3;4-7,11H,1-3H3/q+1;/p-1. The molecule has 0 fully saturated rings. The van der Waals surface area contributed by atoms with Crippen LogP contribution in [-0.2, 0) is 12.0 Å². The molecule has 0 spiro atoms. The van der Waals surface area contributed by atoms with E-state index >= 15 is 0 Å². The van der Waals surface area contributed by atoms with Crippen molar-refractivity contribution in [2.24, 2.45) is 0 Å². The van der Waals surface area contributed by atoms with Gasteiger partial charge in [0.25, 0.3) is 0 Å². The predicted molar refractivity (Wildman–Crippen MR) is 162 cm³/mol. The number of rotatable bonds is 17. The number of hydrogen-bond acceptors (Lipinski definition) is 1. The molecule has 0 amide bonds. The molecule has 2 rings (SSSR count). The highest BCUT2D eigenvalue weighted by atomic mass is 16.3. The average Bonchev–Trinajstić information content (AvgIpc) is 2.84. The maximum absolute atomic E-state index is 11.3. The van der Waals surface area contributed by atoms with Crippen LogP contribution in [0.4, 0.5) is 0 Å². The molecule has 0 aliphatic carbocycles. The Bertz CT molecular complexity index is 790. The van der Waals surface area contributed by atoms with Crippen LogP contribution >= 0.6 is 0 Å². The molecule has 0 N–H and O–H groups in total. The Morgan fingerprint density at radius 2 is 1.03 bits per heavy atom. The van der Waals surface area contributed by atoms with E-state index in [4.69, 9.17) is 0 Å². The van der Waals surface area contributed by atoms with E-state index in [1.807, 2.05) is 32.9 Å². The van der Waals surface area contributed by atoms with Gasteiger partial charge in [-0.1, -0.05) is 165 Å². The van der Waals surface area contributed by atoms with Crippen molar-refractivity contribution in [3.8, 4) is 5.75 Å². The molecule has 0 saturated heterocycles. The molecule has 2 heteroatoms. The van der Waals surface area contributed by atoms with Crippen LogP contribution in [0.15, 0.2) is 54.6 Å². The van der Waals surface area contributed by atoms with Crippen LogP contribution in [0.1, 0.15) is 129 Å². The van der Waals surface area contributed by atoms with Crippen LogP contribution in [0.25, 0.3) is 0 Å². The third-order valence-corrected chi connectivity index (χ3v) is 7.27. The average molecular weight is 510 g/mol. The lowest BCUT2D eigenvalue weighted by Crippen LogP contribution is -2.39. The first-order valence-corrected chi connectivity index (χ1v) is 15.3. The van der Waals surface area contributed by atoms with E-state index in [9.17, 15) is 5.11 Å².